The average molecular weight is 272 g/mol. The number of nitrogens with one attached hydrogen (secondary N) is 2. The number of nitrogens with zero attached hydrogens (tertiary/aromatic N) is 2. The maximum Gasteiger partial charge on any atom is 0.208 e. The smallest absolute Gasteiger partial charge is 0.208 e. The Bertz CT molecular complexity index is 354. The zero-order valence-electron chi connectivity index (χ0n) is 11.9. The van der Waals surface area contributed by atoms with Crippen molar-refractivity contribution in [3.8, 4) is 0 Å². The maximum atomic E-state index is 5.57. The minimum absolute atomic E-state index is 0.201. The van der Waals surface area contributed by atoms with Crippen molar-refractivity contribution in [3.63, 3.8) is 0 Å². The first-order chi connectivity index (χ1) is 8.49. The van der Waals surface area contributed by atoms with Gasteiger partial charge in [-0.05, 0) is 33.7 Å². The molecule has 1 atom stereocenters. The summed E-state index contributed by atoms with van der Waals surface area (Å²) < 4.78 is 5.57. The largest absolute Gasteiger partial charge is 0.377 e. The first-order valence-electron chi connectivity index (χ1n) is 6.30. The van der Waals surface area contributed by atoms with Crippen LogP contribution in [0, 0.1) is 6.92 Å². The standard InChI is InChI=1S/C12H24N4OS/c1-6-7-13-10(12(3,4)17-5)8-18-11-14-9(2)15-16-11/h10,13H,6-8H2,1-5H3,(H,14,15,16). The molecule has 18 heavy (non-hydrogen) atoms. The Balaban J connectivity index is 2.55. The van der Waals surface area contributed by atoms with Crippen LogP contribution in [-0.4, -0.2) is 46.2 Å². The van der Waals surface area contributed by atoms with Gasteiger partial charge in [0, 0.05) is 18.9 Å². The van der Waals surface area contributed by atoms with E-state index < -0.39 is 0 Å². The number of rotatable bonds is 8. The van der Waals surface area contributed by atoms with Gasteiger partial charge in [0.25, 0.3) is 0 Å². The highest BCUT2D eigenvalue weighted by Gasteiger charge is 2.29. The third-order valence-corrected chi connectivity index (χ3v) is 3.90. The summed E-state index contributed by atoms with van der Waals surface area (Å²) in [6.07, 6.45) is 1.11. The van der Waals surface area contributed by atoms with E-state index in [0.29, 0.717) is 0 Å². The summed E-state index contributed by atoms with van der Waals surface area (Å²) in [6, 6.07) is 0.270. The van der Waals surface area contributed by atoms with E-state index in [2.05, 4.69) is 41.3 Å². The average Bonchev–Trinajstić information content (AvgIpc) is 2.75. The zero-order valence-corrected chi connectivity index (χ0v) is 12.7. The Labute approximate surface area is 113 Å². The van der Waals surface area contributed by atoms with E-state index in [1.54, 1.807) is 18.9 Å². The van der Waals surface area contributed by atoms with Crippen LogP contribution in [0.4, 0.5) is 0 Å². The maximum absolute atomic E-state index is 5.57. The van der Waals surface area contributed by atoms with Gasteiger partial charge < -0.3 is 10.1 Å². The summed E-state index contributed by atoms with van der Waals surface area (Å²) in [5, 5.41) is 11.3. The van der Waals surface area contributed by atoms with E-state index in [9.17, 15) is 0 Å². The molecule has 104 valence electrons. The molecule has 1 aromatic rings. The van der Waals surface area contributed by atoms with Gasteiger partial charge in [0.15, 0.2) is 0 Å². The molecule has 1 rings (SSSR count). The van der Waals surface area contributed by atoms with Gasteiger partial charge in [-0.2, -0.15) is 0 Å². The highest BCUT2D eigenvalue weighted by atomic mass is 32.2. The van der Waals surface area contributed by atoms with Crippen molar-refractivity contribution < 1.29 is 4.74 Å². The SMILES string of the molecule is CCCNC(CSc1n[nH]c(C)n1)C(C)(C)OC. The molecule has 5 nitrogen and oxygen atoms in total. The summed E-state index contributed by atoms with van der Waals surface area (Å²) >= 11 is 1.65. The Hall–Kier alpha value is -0.590. The van der Waals surface area contributed by atoms with Crippen LogP contribution in [-0.2, 0) is 4.74 Å². The van der Waals surface area contributed by atoms with Gasteiger partial charge in [-0.1, -0.05) is 18.7 Å². The van der Waals surface area contributed by atoms with Crippen LogP contribution in [0.25, 0.3) is 0 Å². The lowest BCUT2D eigenvalue weighted by atomic mass is 10.0. The number of thioether (sulfide) groups is 1. The number of hydrogen-bond donors (Lipinski definition) is 2. The molecule has 0 aromatic carbocycles. The van der Waals surface area contributed by atoms with Crippen LogP contribution in [0.15, 0.2) is 5.16 Å². The van der Waals surface area contributed by atoms with Gasteiger partial charge >= 0.3 is 0 Å². The fourth-order valence-electron chi connectivity index (χ4n) is 1.51. The van der Waals surface area contributed by atoms with Gasteiger partial charge in [0.05, 0.1) is 5.60 Å². The van der Waals surface area contributed by atoms with Gasteiger partial charge in [0.2, 0.25) is 5.16 Å². The predicted molar refractivity (Wildman–Crippen MR) is 75.0 cm³/mol. The van der Waals surface area contributed by atoms with Crippen molar-refractivity contribution in [2.24, 2.45) is 0 Å². The van der Waals surface area contributed by atoms with E-state index in [4.69, 9.17) is 4.74 Å². The van der Waals surface area contributed by atoms with Crippen molar-refractivity contribution in [2.75, 3.05) is 19.4 Å². The zero-order chi connectivity index (χ0) is 13.6. The normalized spacial score (nSPS) is 13.8. The fourth-order valence-corrected chi connectivity index (χ4v) is 2.66. The Morgan fingerprint density at radius 3 is 2.72 bits per heavy atom. The molecule has 0 saturated carbocycles. The van der Waals surface area contributed by atoms with Crippen molar-refractivity contribution in [3.05, 3.63) is 5.82 Å². The molecule has 0 amide bonds. The number of aromatic amines is 1. The number of aromatic nitrogens is 3. The molecule has 0 radical (unpaired) electrons. The number of H-pyrrole nitrogens is 1. The molecule has 0 bridgehead atoms. The molecule has 0 aliphatic rings. The third-order valence-electron chi connectivity index (χ3n) is 2.96. The molecule has 1 aromatic heterocycles. The summed E-state index contributed by atoms with van der Waals surface area (Å²) in [5.74, 6) is 1.74. The lowest BCUT2D eigenvalue weighted by Gasteiger charge is -2.33. The number of aryl methyl sites for hydroxylation is 1. The van der Waals surface area contributed by atoms with Crippen LogP contribution in [0.3, 0.4) is 0 Å². The number of ether oxygens (including phenoxy) is 1. The summed E-state index contributed by atoms with van der Waals surface area (Å²) in [4.78, 5) is 4.30. The minimum Gasteiger partial charge on any atom is -0.377 e. The summed E-state index contributed by atoms with van der Waals surface area (Å²) in [5.41, 5.74) is -0.201. The second-order valence-corrected chi connectivity index (χ2v) is 5.82. The molecule has 0 aliphatic carbocycles. The van der Waals surface area contributed by atoms with Gasteiger partial charge in [-0.3, -0.25) is 5.10 Å². The Morgan fingerprint density at radius 1 is 1.50 bits per heavy atom. The van der Waals surface area contributed by atoms with Crippen LogP contribution < -0.4 is 5.32 Å². The molecular weight excluding hydrogens is 248 g/mol. The summed E-state index contributed by atoms with van der Waals surface area (Å²) in [6.45, 7) is 9.26. The van der Waals surface area contributed by atoms with Crippen LogP contribution in [0.2, 0.25) is 0 Å². The quantitative estimate of drug-likeness (QED) is 0.709. The number of hydrogen-bond acceptors (Lipinski definition) is 5. The molecule has 0 saturated heterocycles. The molecule has 0 fully saturated rings. The van der Waals surface area contributed by atoms with Crippen LogP contribution in [0.1, 0.15) is 33.0 Å². The molecule has 0 aliphatic heterocycles. The highest BCUT2D eigenvalue weighted by Crippen LogP contribution is 2.21. The molecule has 1 unspecified atom stereocenters. The molecular formula is C12H24N4OS. The Kier molecular flexibility index (Phi) is 6.11. The minimum atomic E-state index is -0.201. The van der Waals surface area contributed by atoms with Crippen molar-refractivity contribution >= 4 is 11.8 Å². The molecule has 0 spiro atoms. The summed E-state index contributed by atoms with van der Waals surface area (Å²) in [7, 11) is 1.75. The topological polar surface area (TPSA) is 62.8 Å². The third kappa shape index (κ3) is 4.59. The second kappa shape index (κ2) is 7.11. The monoisotopic (exact) mass is 272 g/mol. The first-order valence-corrected chi connectivity index (χ1v) is 7.28. The molecule has 6 heteroatoms. The predicted octanol–water partition coefficient (Wildman–Crippen LogP) is 2.00. The highest BCUT2D eigenvalue weighted by molar-refractivity contribution is 7.99. The van der Waals surface area contributed by atoms with E-state index in [1.165, 1.54) is 0 Å². The van der Waals surface area contributed by atoms with Gasteiger partial charge in [0.1, 0.15) is 5.82 Å². The fraction of sp³-hybridized carbons (Fsp3) is 0.833. The van der Waals surface area contributed by atoms with Crippen LogP contribution >= 0.6 is 11.8 Å². The van der Waals surface area contributed by atoms with Crippen molar-refractivity contribution in [1.29, 1.82) is 0 Å². The molecule has 1 heterocycles. The van der Waals surface area contributed by atoms with E-state index in [0.717, 1.165) is 29.7 Å². The van der Waals surface area contributed by atoms with E-state index >= 15 is 0 Å². The first kappa shape index (κ1) is 15.5. The van der Waals surface area contributed by atoms with Gasteiger partial charge in [-0.15, -0.1) is 5.10 Å². The van der Waals surface area contributed by atoms with E-state index in [-0.39, 0.29) is 11.6 Å². The number of methoxy groups -OCH3 is 1. The lowest BCUT2D eigenvalue weighted by Crippen LogP contribution is -2.50. The van der Waals surface area contributed by atoms with E-state index in [1.807, 2.05) is 6.92 Å². The Morgan fingerprint density at radius 2 is 2.22 bits per heavy atom. The second-order valence-electron chi connectivity index (χ2n) is 4.83. The van der Waals surface area contributed by atoms with Crippen molar-refractivity contribution in [2.45, 2.75) is 50.9 Å². The van der Waals surface area contributed by atoms with Crippen molar-refractivity contribution in [1.82, 2.24) is 20.5 Å². The van der Waals surface area contributed by atoms with Gasteiger partial charge in [-0.25, -0.2) is 4.98 Å². The lowest BCUT2D eigenvalue weighted by molar-refractivity contribution is -0.00346. The molecule has 2 N–H and O–H groups in total. The van der Waals surface area contributed by atoms with Crippen LogP contribution in [0.5, 0.6) is 0 Å².